The zero-order chi connectivity index (χ0) is 15.2. The van der Waals surface area contributed by atoms with Gasteiger partial charge in [0.05, 0.1) is 0 Å². The first-order chi connectivity index (χ1) is 10.1. The Morgan fingerprint density at radius 1 is 1.48 bits per heavy atom. The van der Waals surface area contributed by atoms with Gasteiger partial charge < -0.3 is 5.11 Å². The zero-order valence-corrected chi connectivity index (χ0v) is 13.4. The lowest BCUT2D eigenvalue weighted by Crippen LogP contribution is -2.46. The van der Waals surface area contributed by atoms with Crippen LogP contribution in [0.25, 0.3) is 0 Å². The topological polar surface area (TPSA) is 40.5 Å². The lowest BCUT2D eigenvalue weighted by molar-refractivity contribution is -0.146. The number of nitrogens with zero attached hydrogens (tertiary/aromatic N) is 1. The lowest BCUT2D eigenvalue weighted by Gasteiger charge is -2.39. The van der Waals surface area contributed by atoms with Crippen LogP contribution in [-0.2, 0) is 4.79 Å². The van der Waals surface area contributed by atoms with E-state index in [0.29, 0.717) is 0 Å². The fourth-order valence-corrected chi connectivity index (χ4v) is 3.43. The molecular weight excluding hydrogens is 286 g/mol. The number of halogens is 1. The van der Waals surface area contributed by atoms with E-state index in [1.54, 1.807) is 0 Å². The Labute approximate surface area is 131 Å². The van der Waals surface area contributed by atoms with E-state index in [1.165, 1.54) is 0 Å². The summed E-state index contributed by atoms with van der Waals surface area (Å²) in [4.78, 5) is 13.7. The first-order valence-corrected chi connectivity index (χ1v) is 8.25. The fourth-order valence-electron chi connectivity index (χ4n) is 3.23. The molecule has 1 aromatic carbocycles. The Morgan fingerprint density at radius 3 is 2.95 bits per heavy atom. The molecule has 4 heteroatoms. The van der Waals surface area contributed by atoms with Crippen molar-refractivity contribution in [2.24, 2.45) is 0 Å². The fraction of sp³-hybridized carbons (Fsp3) is 0.588. The summed E-state index contributed by atoms with van der Waals surface area (Å²) in [6.45, 7) is 3.03. The van der Waals surface area contributed by atoms with Crippen molar-refractivity contribution < 1.29 is 9.90 Å². The molecule has 1 aromatic rings. The molecule has 1 saturated heterocycles. The molecule has 2 unspecified atom stereocenters. The van der Waals surface area contributed by atoms with Gasteiger partial charge in [0, 0.05) is 11.1 Å². The number of carboxylic acids is 1. The molecule has 1 fully saturated rings. The Bertz CT molecular complexity index is 478. The van der Waals surface area contributed by atoms with Crippen molar-refractivity contribution in [3.8, 4) is 0 Å². The average molecular weight is 310 g/mol. The SMILES string of the molecule is CCCCC(c1cccc(Cl)c1)N1CCCCC1C(=O)O. The molecule has 0 aliphatic carbocycles. The summed E-state index contributed by atoms with van der Waals surface area (Å²) >= 11 is 6.13. The second-order valence-corrected chi connectivity index (χ2v) is 6.24. The molecule has 0 aromatic heterocycles. The van der Waals surface area contributed by atoms with Crippen LogP contribution in [0.1, 0.15) is 57.1 Å². The number of hydrogen-bond acceptors (Lipinski definition) is 2. The number of benzene rings is 1. The molecule has 2 atom stereocenters. The molecule has 21 heavy (non-hydrogen) atoms. The Balaban J connectivity index is 2.27. The van der Waals surface area contributed by atoms with Crippen LogP contribution in [0.3, 0.4) is 0 Å². The van der Waals surface area contributed by atoms with Crippen LogP contribution in [0.4, 0.5) is 0 Å². The van der Waals surface area contributed by atoms with E-state index in [1.807, 2.05) is 18.2 Å². The minimum Gasteiger partial charge on any atom is -0.480 e. The minimum atomic E-state index is -0.696. The molecule has 0 radical (unpaired) electrons. The summed E-state index contributed by atoms with van der Waals surface area (Å²) in [6.07, 6.45) is 6.03. The van der Waals surface area contributed by atoms with Crippen molar-refractivity contribution in [2.45, 2.75) is 57.5 Å². The number of likely N-dealkylation sites (tertiary alicyclic amines) is 1. The lowest BCUT2D eigenvalue weighted by atomic mass is 9.93. The highest BCUT2D eigenvalue weighted by Crippen LogP contribution is 2.33. The van der Waals surface area contributed by atoms with E-state index >= 15 is 0 Å². The number of unbranched alkanes of at least 4 members (excludes halogenated alkanes) is 1. The third-order valence-electron chi connectivity index (χ3n) is 4.29. The van der Waals surface area contributed by atoms with Gasteiger partial charge in [0.15, 0.2) is 0 Å². The first kappa shape index (κ1) is 16.3. The van der Waals surface area contributed by atoms with Crippen molar-refractivity contribution in [2.75, 3.05) is 6.54 Å². The maximum Gasteiger partial charge on any atom is 0.320 e. The van der Waals surface area contributed by atoms with Gasteiger partial charge in [-0.25, -0.2) is 0 Å². The molecule has 116 valence electrons. The third-order valence-corrected chi connectivity index (χ3v) is 4.53. The monoisotopic (exact) mass is 309 g/mol. The number of carboxylic acid groups (broad SMARTS) is 1. The first-order valence-electron chi connectivity index (χ1n) is 7.87. The van der Waals surface area contributed by atoms with E-state index in [-0.39, 0.29) is 12.1 Å². The van der Waals surface area contributed by atoms with Crippen LogP contribution in [-0.4, -0.2) is 28.6 Å². The second kappa shape index (κ2) is 7.81. The average Bonchev–Trinajstić information content (AvgIpc) is 2.48. The largest absolute Gasteiger partial charge is 0.480 e. The predicted molar refractivity (Wildman–Crippen MR) is 85.7 cm³/mol. The number of rotatable bonds is 6. The Morgan fingerprint density at radius 2 is 2.29 bits per heavy atom. The second-order valence-electron chi connectivity index (χ2n) is 5.80. The highest BCUT2D eigenvalue weighted by Gasteiger charge is 2.33. The molecule has 1 N–H and O–H groups in total. The summed E-state index contributed by atoms with van der Waals surface area (Å²) in [6, 6.07) is 7.67. The molecule has 0 saturated carbocycles. The van der Waals surface area contributed by atoms with Crippen molar-refractivity contribution in [1.82, 2.24) is 4.90 Å². The van der Waals surface area contributed by atoms with Gasteiger partial charge >= 0.3 is 5.97 Å². The van der Waals surface area contributed by atoms with E-state index < -0.39 is 5.97 Å². The van der Waals surface area contributed by atoms with Crippen LogP contribution in [0.2, 0.25) is 5.02 Å². The number of hydrogen-bond donors (Lipinski definition) is 1. The maximum atomic E-state index is 11.6. The maximum absolute atomic E-state index is 11.6. The molecule has 1 aliphatic rings. The van der Waals surface area contributed by atoms with Crippen LogP contribution in [0, 0.1) is 0 Å². The van der Waals surface area contributed by atoms with Gasteiger partial charge in [-0.2, -0.15) is 0 Å². The third kappa shape index (κ3) is 4.21. The molecule has 3 nitrogen and oxygen atoms in total. The van der Waals surface area contributed by atoms with Gasteiger partial charge in [0.1, 0.15) is 6.04 Å². The Kier molecular flexibility index (Phi) is 6.07. The van der Waals surface area contributed by atoms with E-state index in [9.17, 15) is 9.90 Å². The van der Waals surface area contributed by atoms with Gasteiger partial charge in [-0.05, 0) is 43.5 Å². The molecular formula is C17H24ClNO2. The highest BCUT2D eigenvalue weighted by molar-refractivity contribution is 6.30. The predicted octanol–water partition coefficient (Wildman–Crippen LogP) is 4.51. The van der Waals surface area contributed by atoms with Crippen LogP contribution < -0.4 is 0 Å². The summed E-state index contributed by atoms with van der Waals surface area (Å²) in [7, 11) is 0. The van der Waals surface area contributed by atoms with Crippen LogP contribution in [0.5, 0.6) is 0 Å². The molecule has 0 bridgehead atoms. The van der Waals surface area contributed by atoms with Gasteiger partial charge in [0.25, 0.3) is 0 Å². The van der Waals surface area contributed by atoms with Gasteiger partial charge in [0.2, 0.25) is 0 Å². The summed E-state index contributed by atoms with van der Waals surface area (Å²) in [5.41, 5.74) is 1.14. The number of piperidine rings is 1. The van der Waals surface area contributed by atoms with Gasteiger partial charge in [-0.1, -0.05) is 49.9 Å². The van der Waals surface area contributed by atoms with E-state index in [0.717, 1.165) is 55.7 Å². The summed E-state index contributed by atoms with van der Waals surface area (Å²) < 4.78 is 0. The Hall–Kier alpha value is -1.06. The number of carbonyl (C=O) groups is 1. The molecule has 1 aliphatic heterocycles. The highest BCUT2D eigenvalue weighted by atomic mass is 35.5. The molecule has 1 heterocycles. The van der Waals surface area contributed by atoms with E-state index in [4.69, 9.17) is 11.6 Å². The van der Waals surface area contributed by atoms with Crippen LogP contribution >= 0.6 is 11.6 Å². The van der Waals surface area contributed by atoms with Crippen molar-refractivity contribution in [1.29, 1.82) is 0 Å². The standard InChI is InChI=1S/C17H24ClNO2/c1-2-3-9-15(13-7-6-8-14(18)12-13)19-11-5-4-10-16(19)17(20)21/h6-8,12,15-16H,2-5,9-11H2,1H3,(H,20,21). The van der Waals surface area contributed by atoms with Crippen molar-refractivity contribution in [3.63, 3.8) is 0 Å². The smallest absolute Gasteiger partial charge is 0.320 e. The summed E-state index contributed by atoms with van der Waals surface area (Å²) in [5, 5.41) is 10.2. The van der Waals surface area contributed by atoms with Crippen molar-refractivity contribution in [3.05, 3.63) is 34.9 Å². The molecule has 0 amide bonds. The normalized spacial score (nSPS) is 21.1. The molecule has 2 rings (SSSR count). The summed E-state index contributed by atoms with van der Waals surface area (Å²) in [5.74, 6) is -0.696. The zero-order valence-electron chi connectivity index (χ0n) is 12.6. The molecule has 0 spiro atoms. The van der Waals surface area contributed by atoms with E-state index in [2.05, 4.69) is 17.9 Å². The van der Waals surface area contributed by atoms with Gasteiger partial charge in [-0.15, -0.1) is 0 Å². The minimum absolute atomic E-state index is 0.157. The van der Waals surface area contributed by atoms with Crippen molar-refractivity contribution >= 4 is 17.6 Å². The van der Waals surface area contributed by atoms with Gasteiger partial charge in [-0.3, -0.25) is 9.69 Å². The quantitative estimate of drug-likeness (QED) is 0.840. The number of aliphatic carboxylic acids is 1. The van der Waals surface area contributed by atoms with Crippen LogP contribution in [0.15, 0.2) is 24.3 Å².